The molecule has 0 aromatic heterocycles. The molecular weight excluding hydrogens is 368 g/mol. The number of esters is 1. The molecule has 9 heteroatoms. The number of hydrogen-bond donors (Lipinski definition) is 1. The molecule has 0 aliphatic heterocycles. The highest BCUT2D eigenvalue weighted by atomic mass is 16.6. The van der Waals surface area contributed by atoms with Crippen molar-refractivity contribution in [2.45, 2.75) is 26.1 Å². The van der Waals surface area contributed by atoms with Gasteiger partial charge in [0.05, 0.1) is 12.0 Å². The van der Waals surface area contributed by atoms with Gasteiger partial charge in [-0.1, -0.05) is 6.07 Å². The molecule has 0 fully saturated rings. The molecule has 0 spiro atoms. The zero-order chi connectivity index (χ0) is 20.7. The molecule has 1 N–H and O–H groups in total. The summed E-state index contributed by atoms with van der Waals surface area (Å²) < 4.78 is 15.6. The molecule has 0 bridgehead atoms. The van der Waals surface area contributed by atoms with Gasteiger partial charge in [-0.25, -0.2) is 4.79 Å². The number of rotatable bonds is 8. The van der Waals surface area contributed by atoms with Gasteiger partial charge in [-0.05, 0) is 44.2 Å². The fourth-order valence-corrected chi connectivity index (χ4v) is 2.17. The van der Waals surface area contributed by atoms with Crippen LogP contribution in [0.1, 0.15) is 13.8 Å². The molecule has 148 valence electrons. The second-order valence-corrected chi connectivity index (χ2v) is 5.81. The van der Waals surface area contributed by atoms with Gasteiger partial charge in [0.25, 0.3) is 11.6 Å². The maximum Gasteiger partial charge on any atom is 0.347 e. The SMILES string of the molecule is COc1ccc(OC(C)C(=O)OC(C)C(=O)Nc2cccc([N+](=O)[O-])c2)cc1. The highest BCUT2D eigenvalue weighted by Crippen LogP contribution is 2.19. The Morgan fingerprint density at radius 1 is 1.04 bits per heavy atom. The predicted molar refractivity (Wildman–Crippen MR) is 100 cm³/mol. The first-order valence-electron chi connectivity index (χ1n) is 8.36. The minimum absolute atomic E-state index is 0.163. The van der Waals surface area contributed by atoms with Gasteiger partial charge in [0.15, 0.2) is 12.2 Å². The van der Waals surface area contributed by atoms with Crippen molar-refractivity contribution < 1.29 is 28.7 Å². The Kier molecular flexibility index (Phi) is 6.91. The zero-order valence-corrected chi connectivity index (χ0v) is 15.6. The Balaban J connectivity index is 1.90. The van der Waals surface area contributed by atoms with Gasteiger partial charge in [-0.3, -0.25) is 14.9 Å². The molecule has 0 aliphatic rings. The van der Waals surface area contributed by atoms with Crippen molar-refractivity contribution in [1.29, 1.82) is 0 Å². The van der Waals surface area contributed by atoms with Gasteiger partial charge in [-0.2, -0.15) is 0 Å². The number of methoxy groups -OCH3 is 1. The number of anilines is 1. The van der Waals surface area contributed by atoms with Crippen LogP contribution in [0.2, 0.25) is 0 Å². The summed E-state index contributed by atoms with van der Waals surface area (Å²) in [7, 11) is 1.54. The van der Waals surface area contributed by atoms with Gasteiger partial charge in [-0.15, -0.1) is 0 Å². The van der Waals surface area contributed by atoms with Crippen LogP contribution in [0.15, 0.2) is 48.5 Å². The molecular formula is C19H20N2O7. The van der Waals surface area contributed by atoms with Crippen LogP contribution < -0.4 is 14.8 Å². The highest BCUT2D eigenvalue weighted by molar-refractivity contribution is 5.95. The highest BCUT2D eigenvalue weighted by Gasteiger charge is 2.23. The number of ether oxygens (including phenoxy) is 3. The summed E-state index contributed by atoms with van der Waals surface area (Å²) in [6.45, 7) is 2.89. The number of nitrogens with zero attached hydrogens (tertiary/aromatic N) is 1. The molecule has 0 saturated carbocycles. The molecule has 0 heterocycles. The van der Waals surface area contributed by atoms with E-state index in [0.717, 1.165) is 0 Å². The van der Waals surface area contributed by atoms with Gasteiger partial charge in [0.1, 0.15) is 11.5 Å². The van der Waals surface area contributed by atoms with Crippen LogP contribution in [-0.4, -0.2) is 36.1 Å². The smallest absolute Gasteiger partial charge is 0.347 e. The number of carbonyl (C=O) groups is 2. The third kappa shape index (κ3) is 5.70. The van der Waals surface area contributed by atoms with Crippen molar-refractivity contribution in [3.63, 3.8) is 0 Å². The van der Waals surface area contributed by atoms with E-state index < -0.39 is 29.0 Å². The van der Waals surface area contributed by atoms with Crippen LogP contribution in [0.3, 0.4) is 0 Å². The van der Waals surface area contributed by atoms with Crippen molar-refractivity contribution in [2.24, 2.45) is 0 Å². The second-order valence-electron chi connectivity index (χ2n) is 5.81. The maximum absolute atomic E-state index is 12.2. The Morgan fingerprint density at radius 3 is 2.29 bits per heavy atom. The van der Waals surface area contributed by atoms with E-state index in [4.69, 9.17) is 14.2 Å². The topological polar surface area (TPSA) is 117 Å². The summed E-state index contributed by atoms with van der Waals surface area (Å²) in [4.78, 5) is 34.5. The van der Waals surface area contributed by atoms with E-state index in [1.165, 1.54) is 45.2 Å². The molecule has 0 radical (unpaired) electrons. The standard InChI is InChI=1S/C19H20N2O7/c1-12(18(22)20-14-5-4-6-15(11-14)21(24)25)28-19(23)13(2)27-17-9-7-16(26-3)8-10-17/h4-13H,1-3H3,(H,20,22). The van der Waals surface area contributed by atoms with E-state index in [1.54, 1.807) is 24.3 Å². The molecule has 2 rings (SSSR count). The van der Waals surface area contributed by atoms with Crippen molar-refractivity contribution in [2.75, 3.05) is 12.4 Å². The Bertz CT molecular complexity index is 852. The maximum atomic E-state index is 12.2. The van der Waals surface area contributed by atoms with E-state index in [-0.39, 0.29) is 11.4 Å². The minimum Gasteiger partial charge on any atom is -0.497 e. The molecule has 1 amide bonds. The van der Waals surface area contributed by atoms with Crippen molar-refractivity contribution >= 4 is 23.3 Å². The number of hydrogen-bond acceptors (Lipinski definition) is 7. The molecule has 28 heavy (non-hydrogen) atoms. The third-order valence-electron chi connectivity index (χ3n) is 3.69. The Morgan fingerprint density at radius 2 is 1.68 bits per heavy atom. The van der Waals surface area contributed by atoms with Gasteiger partial charge < -0.3 is 19.5 Å². The predicted octanol–water partition coefficient (Wildman–Crippen LogP) is 2.94. The quantitative estimate of drug-likeness (QED) is 0.420. The summed E-state index contributed by atoms with van der Waals surface area (Å²) in [6.07, 6.45) is -2.06. The zero-order valence-electron chi connectivity index (χ0n) is 15.6. The first-order chi connectivity index (χ1) is 13.3. The Labute approximate surface area is 161 Å². The third-order valence-corrected chi connectivity index (χ3v) is 3.69. The van der Waals surface area contributed by atoms with E-state index in [9.17, 15) is 19.7 Å². The summed E-state index contributed by atoms with van der Waals surface area (Å²) in [5.74, 6) is -0.254. The van der Waals surface area contributed by atoms with Gasteiger partial charge in [0.2, 0.25) is 0 Å². The number of nitro benzene ring substituents is 1. The average Bonchev–Trinajstić information content (AvgIpc) is 2.68. The van der Waals surface area contributed by atoms with Gasteiger partial charge >= 0.3 is 5.97 Å². The van der Waals surface area contributed by atoms with Crippen LogP contribution in [0, 0.1) is 10.1 Å². The molecule has 2 aromatic carbocycles. The van der Waals surface area contributed by atoms with Crippen molar-refractivity contribution in [3.8, 4) is 11.5 Å². The molecule has 2 atom stereocenters. The lowest BCUT2D eigenvalue weighted by atomic mass is 10.2. The monoisotopic (exact) mass is 388 g/mol. The second kappa shape index (κ2) is 9.36. The summed E-state index contributed by atoms with van der Waals surface area (Å²) in [5.41, 5.74) is 0.0635. The number of nitro groups is 1. The lowest BCUT2D eigenvalue weighted by Crippen LogP contribution is -2.35. The summed E-state index contributed by atoms with van der Waals surface area (Å²) in [6, 6.07) is 12.1. The van der Waals surface area contributed by atoms with Crippen LogP contribution in [0.4, 0.5) is 11.4 Å². The fourth-order valence-electron chi connectivity index (χ4n) is 2.17. The average molecular weight is 388 g/mol. The normalized spacial score (nSPS) is 12.4. The molecule has 0 saturated heterocycles. The molecule has 9 nitrogen and oxygen atoms in total. The molecule has 2 aromatic rings. The van der Waals surface area contributed by atoms with Crippen LogP contribution in [-0.2, 0) is 14.3 Å². The Hall–Kier alpha value is -3.62. The number of nitrogens with one attached hydrogen (secondary N) is 1. The van der Waals surface area contributed by atoms with Crippen LogP contribution in [0.5, 0.6) is 11.5 Å². The number of non-ortho nitro benzene ring substituents is 1. The largest absolute Gasteiger partial charge is 0.497 e. The van der Waals surface area contributed by atoms with E-state index >= 15 is 0 Å². The van der Waals surface area contributed by atoms with Crippen LogP contribution >= 0.6 is 0 Å². The molecule has 0 aliphatic carbocycles. The lowest BCUT2D eigenvalue weighted by Gasteiger charge is -2.18. The first-order valence-corrected chi connectivity index (χ1v) is 8.36. The summed E-state index contributed by atoms with van der Waals surface area (Å²) >= 11 is 0. The first kappa shape index (κ1) is 20.7. The fraction of sp³-hybridized carbons (Fsp3) is 0.263. The van der Waals surface area contributed by atoms with Gasteiger partial charge in [0, 0.05) is 17.8 Å². The number of benzene rings is 2. The summed E-state index contributed by atoms with van der Waals surface area (Å²) in [5, 5.41) is 13.3. The number of carbonyl (C=O) groups excluding carboxylic acids is 2. The lowest BCUT2D eigenvalue weighted by molar-refractivity contribution is -0.384. The van der Waals surface area contributed by atoms with Crippen molar-refractivity contribution in [1.82, 2.24) is 0 Å². The molecule has 2 unspecified atom stereocenters. The minimum atomic E-state index is -1.12. The van der Waals surface area contributed by atoms with E-state index in [1.807, 2.05) is 0 Å². The van der Waals surface area contributed by atoms with Crippen LogP contribution in [0.25, 0.3) is 0 Å². The van der Waals surface area contributed by atoms with E-state index in [0.29, 0.717) is 11.5 Å². The number of amides is 1. The van der Waals surface area contributed by atoms with Crippen molar-refractivity contribution in [3.05, 3.63) is 58.6 Å². The van der Waals surface area contributed by atoms with E-state index in [2.05, 4.69) is 5.32 Å².